The highest BCUT2D eigenvalue weighted by atomic mass is 19.1. The van der Waals surface area contributed by atoms with Crippen LogP contribution in [0.3, 0.4) is 0 Å². The number of amides is 1. The molecule has 3 aromatic rings. The first-order valence-corrected chi connectivity index (χ1v) is 8.61. The van der Waals surface area contributed by atoms with Crippen LogP contribution in [0.2, 0.25) is 0 Å². The second-order valence-corrected chi connectivity index (χ2v) is 6.40. The van der Waals surface area contributed by atoms with Crippen LogP contribution in [0.4, 0.5) is 8.78 Å². The molecule has 1 unspecified atom stereocenters. The van der Waals surface area contributed by atoms with Gasteiger partial charge in [-0.2, -0.15) is 9.37 Å². The molecule has 3 heterocycles. The third-order valence-electron chi connectivity index (χ3n) is 4.59. The average Bonchev–Trinajstić information content (AvgIpc) is 3.18. The molecule has 1 aliphatic rings. The van der Waals surface area contributed by atoms with Crippen molar-refractivity contribution in [1.29, 1.82) is 0 Å². The van der Waals surface area contributed by atoms with E-state index in [4.69, 9.17) is 4.52 Å². The predicted octanol–water partition coefficient (Wildman–Crippen LogP) is 3.43. The summed E-state index contributed by atoms with van der Waals surface area (Å²) in [5.41, 5.74) is 0.578. The van der Waals surface area contributed by atoms with E-state index in [1.165, 1.54) is 18.3 Å². The highest BCUT2D eigenvalue weighted by molar-refractivity contribution is 5.94. The number of carbonyl (C=O) groups excluding carboxylic acids is 1. The van der Waals surface area contributed by atoms with E-state index in [1.54, 1.807) is 23.1 Å². The molecule has 1 saturated heterocycles. The Morgan fingerprint density at radius 3 is 2.81 bits per heavy atom. The summed E-state index contributed by atoms with van der Waals surface area (Å²) >= 11 is 0. The lowest BCUT2D eigenvalue weighted by atomic mass is 9.97. The van der Waals surface area contributed by atoms with Gasteiger partial charge in [-0.1, -0.05) is 17.3 Å². The van der Waals surface area contributed by atoms with E-state index in [1.807, 2.05) is 0 Å². The van der Waals surface area contributed by atoms with Crippen LogP contribution in [0.25, 0.3) is 11.5 Å². The van der Waals surface area contributed by atoms with E-state index in [0.29, 0.717) is 24.5 Å². The molecule has 0 radical (unpaired) electrons. The number of hydrogen-bond acceptors (Lipinski definition) is 5. The fourth-order valence-electron chi connectivity index (χ4n) is 3.20. The molecule has 0 spiro atoms. The van der Waals surface area contributed by atoms with Gasteiger partial charge in [-0.15, -0.1) is 0 Å². The van der Waals surface area contributed by atoms with Gasteiger partial charge in [0.1, 0.15) is 5.82 Å². The maximum Gasteiger partial charge on any atom is 0.260 e. The minimum Gasteiger partial charge on any atom is -0.338 e. The topological polar surface area (TPSA) is 72.1 Å². The summed E-state index contributed by atoms with van der Waals surface area (Å²) in [5, 5.41) is 3.98. The van der Waals surface area contributed by atoms with E-state index in [0.717, 1.165) is 18.9 Å². The Kier molecular flexibility index (Phi) is 4.62. The molecule has 1 amide bonds. The molecule has 1 aromatic carbocycles. The van der Waals surface area contributed by atoms with Gasteiger partial charge in [-0.25, -0.2) is 9.37 Å². The van der Waals surface area contributed by atoms with E-state index >= 15 is 0 Å². The predicted molar refractivity (Wildman–Crippen MR) is 91.8 cm³/mol. The molecule has 1 atom stereocenters. The van der Waals surface area contributed by atoms with Crippen molar-refractivity contribution in [3.8, 4) is 11.5 Å². The molecule has 6 nitrogen and oxygen atoms in total. The van der Waals surface area contributed by atoms with Crippen LogP contribution in [-0.2, 0) is 0 Å². The molecule has 0 aliphatic carbocycles. The first kappa shape index (κ1) is 17.3. The minimum absolute atomic E-state index is 0.111. The van der Waals surface area contributed by atoms with E-state index in [2.05, 4.69) is 15.1 Å². The van der Waals surface area contributed by atoms with Gasteiger partial charge in [0.05, 0.1) is 11.1 Å². The highest BCUT2D eigenvalue weighted by Gasteiger charge is 2.29. The number of hydrogen-bond donors (Lipinski definition) is 0. The molecular formula is C19H16F2N4O2. The quantitative estimate of drug-likeness (QED) is 0.661. The fraction of sp³-hybridized carbons (Fsp3) is 0.263. The summed E-state index contributed by atoms with van der Waals surface area (Å²) in [6.45, 7) is 0.997. The third-order valence-corrected chi connectivity index (χ3v) is 4.59. The molecule has 27 heavy (non-hydrogen) atoms. The van der Waals surface area contributed by atoms with Crippen molar-refractivity contribution < 1.29 is 18.1 Å². The molecule has 4 rings (SSSR count). The van der Waals surface area contributed by atoms with E-state index in [9.17, 15) is 13.6 Å². The number of benzene rings is 1. The second kappa shape index (κ2) is 7.22. The zero-order valence-electron chi connectivity index (χ0n) is 14.3. The van der Waals surface area contributed by atoms with Crippen molar-refractivity contribution in [3.05, 3.63) is 65.7 Å². The number of piperidine rings is 1. The van der Waals surface area contributed by atoms with Gasteiger partial charge >= 0.3 is 0 Å². The summed E-state index contributed by atoms with van der Waals surface area (Å²) in [6.07, 6.45) is 2.79. The number of pyridine rings is 1. The summed E-state index contributed by atoms with van der Waals surface area (Å²) in [7, 11) is 0. The Hall–Kier alpha value is -3.16. The Balaban J connectivity index is 1.51. The largest absolute Gasteiger partial charge is 0.338 e. The molecular weight excluding hydrogens is 354 g/mol. The SMILES string of the molecule is O=C(c1ccc(F)nc1)N1CCCC(c2noc(-c3ccccc3F)n2)C1. The number of aromatic nitrogens is 3. The maximum atomic E-state index is 13.9. The number of nitrogens with zero attached hydrogens (tertiary/aromatic N) is 4. The van der Waals surface area contributed by atoms with Crippen molar-refractivity contribution in [1.82, 2.24) is 20.0 Å². The van der Waals surface area contributed by atoms with Gasteiger partial charge in [0.15, 0.2) is 5.82 Å². The van der Waals surface area contributed by atoms with Crippen LogP contribution in [0, 0.1) is 11.8 Å². The Bertz CT molecular complexity index is 958. The first-order valence-electron chi connectivity index (χ1n) is 8.61. The monoisotopic (exact) mass is 370 g/mol. The lowest BCUT2D eigenvalue weighted by molar-refractivity contribution is 0.0703. The lowest BCUT2D eigenvalue weighted by Crippen LogP contribution is -2.39. The molecule has 2 aromatic heterocycles. The van der Waals surface area contributed by atoms with Gasteiger partial charge in [-0.05, 0) is 37.1 Å². The number of likely N-dealkylation sites (tertiary alicyclic amines) is 1. The van der Waals surface area contributed by atoms with Crippen LogP contribution in [0.5, 0.6) is 0 Å². The summed E-state index contributed by atoms with van der Waals surface area (Å²) in [4.78, 5) is 22.1. The van der Waals surface area contributed by atoms with Gasteiger partial charge in [-0.3, -0.25) is 4.79 Å². The molecule has 0 N–H and O–H groups in total. The maximum absolute atomic E-state index is 13.9. The fourth-order valence-corrected chi connectivity index (χ4v) is 3.20. The lowest BCUT2D eigenvalue weighted by Gasteiger charge is -2.31. The van der Waals surface area contributed by atoms with Gasteiger partial charge < -0.3 is 9.42 Å². The van der Waals surface area contributed by atoms with Gasteiger partial charge in [0.2, 0.25) is 5.95 Å². The van der Waals surface area contributed by atoms with Crippen LogP contribution in [0.1, 0.15) is 34.9 Å². The van der Waals surface area contributed by atoms with Crippen molar-refractivity contribution in [2.24, 2.45) is 0 Å². The van der Waals surface area contributed by atoms with Crippen molar-refractivity contribution >= 4 is 5.91 Å². The smallest absolute Gasteiger partial charge is 0.260 e. The number of halogens is 2. The van der Waals surface area contributed by atoms with Crippen molar-refractivity contribution in [3.63, 3.8) is 0 Å². The normalized spacial score (nSPS) is 17.1. The third kappa shape index (κ3) is 3.55. The molecule has 1 aliphatic heterocycles. The summed E-state index contributed by atoms with van der Waals surface area (Å²) in [6, 6.07) is 8.76. The number of carbonyl (C=O) groups is 1. The highest BCUT2D eigenvalue weighted by Crippen LogP contribution is 2.28. The molecule has 0 bridgehead atoms. The average molecular weight is 370 g/mol. The molecule has 1 fully saturated rings. The van der Waals surface area contributed by atoms with Crippen LogP contribution < -0.4 is 0 Å². The second-order valence-electron chi connectivity index (χ2n) is 6.40. The van der Waals surface area contributed by atoms with Gasteiger partial charge in [0, 0.05) is 25.2 Å². The Labute approximate surface area is 153 Å². The zero-order chi connectivity index (χ0) is 18.8. The van der Waals surface area contributed by atoms with E-state index < -0.39 is 11.8 Å². The van der Waals surface area contributed by atoms with Crippen LogP contribution >= 0.6 is 0 Å². The van der Waals surface area contributed by atoms with Crippen LogP contribution in [-0.4, -0.2) is 39.0 Å². The first-order chi connectivity index (χ1) is 13.1. The standard InChI is InChI=1S/C19H16F2N4O2/c20-15-6-2-1-5-14(15)18-23-17(24-27-18)13-4-3-9-25(11-13)19(26)12-7-8-16(21)22-10-12/h1-2,5-8,10,13H,3-4,9,11H2. The Morgan fingerprint density at radius 1 is 1.19 bits per heavy atom. The zero-order valence-corrected chi connectivity index (χ0v) is 14.3. The van der Waals surface area contributed by atoms with Gasteiger partial charge in [0.25, 0.3) is 11.8 Å². The van der Waals surface area contributed by atoms with E-state index in [-0.39, 0.29) is 23.3 Å². The molecule has 8 heteroatoms. The number of rotatable bonds is 3. The molecule has 0 saturated carbocycles. The summed E-state index contributed by atoms with van der Waals surface area (Å²) < 4.78 is 32.1. The van der Waals surface area contributed by atoms with Crippen LogP contribution in [0.15, 0.2) is 47.1 Å². The molecule has 138 valence electrons. The Morgan fingerprint density at radius 2 is 2.04 bits per heavy atom. The van der Waals surface area contributed by atoms with Crippen molar-refractivity contribution in [2.45, 2.75) is 18.8 Å². The minimum atomic E-state index is -0.629. The summed E-state index contributed by atoms with van der Waals surface area (Å²) in [5.74, 6) is -0.824. The van der Waals surface area contributed by atoms with Crippen molar-refractivity contribution in [2.75, 3.05) is 13.1 Å².